The van der Waals surface area contributed by atoms with Crippen molar-refractivity contribution in [3.05, 3.63) is 52.7 Å². The molecule has 3 N–H and O–H groups in total. The molecule has 0 spiro atoms. The Kier molecular flexibility index (Phi) is 5.39. The van der Waals surface area contributed by atoms with Crippen molar-refractivity contribution in [1.82, 2.24) is 24.7 Å². The molecule has 0 atom stereocenters. The molecule has 0 fully saturated rings. The summed E-state index contributed by atoms with van der Waals surface area (Å²) in [7, 11) is 0. The van der Waals surface area contributed by atoms with E-state index in [1.807, 2.05) is 43.3 Å². The Bertz CT molecular complexity index is 842. The number of hydrogen-bond donors (Lipinski definition) is 2. The van der Waals surface area contributed by atoms with Gasteiger partial charge in [-0.1, -0.05) is 29.6 Å². The lowest BCUT2D eigenvalue weighted by Gasteiger charge is -2.04. The molecule has 25 heavy (non-hydrogen) atoms. The van der Waals surface area contributed by atoms with Crippen LogP contribution >= 0.6 is 11.5 Å². The highest BCUT2D eigenvalue weighted by atomic mass is 32.1. The number of nitrogen functional groups attached to an aromatic ring is 1. The van der Waals surface area contributed by atoms with E-state index in [1.165, 1.54) is 0 Å². The molecule has 0 bridgehead atoms. The molecule has 7 nitrogen and oxygen atoms in total. The maximum atomic E-state index is 12.1. The van der Waals surface area contributed by atoms with E-state index in [2.05, 4.69) is 20.0 Å². The molecule has 8 heteroatoms. The van der Waals surface area contributed by atoms with E-state index < -0.39 is 0 Å². The van der Waals surface area contributed by atoms with Crippen molar-refractivity contribution in [3.8, 4) is 5.69 Å². The van der Waals surface area contributed by atoms with Gasteiger partial charge in [0.15, 0.2) is 0 Å². The predicted octanol–water partition coefficient (Wildman–Crippen LogP) is 2.23. The largest absolute Gasteiger partial charge is 0.384 e. The summed E-state index contributed by atoms with van der Waals surface area (Å²) in [6, 6.07) is 11.6. The summed E-state index contributed by atoms with van der Waals surface area (Å²) >= 11 is 1.13. The van der Waals surface area contributed by atoms with Crippen LogP contribution in [0.2, 0.25) is 0 Å². The summed E-state index contributed by atoms with van der Waals surface area (Å²) in [6.07, 6.45) is 2.23. The average molecular weight is 356 g/mol. The molecule has 1 aromatic carbocycles. The Hall–Kier alpha value is -2.74. The first kappa shape index (κ1) is 17.1. The Labute approximate surface area is 150 Å². The van der Waals surface area contributed by atoms with Gasteiger partial charge in [0.05, 0.1) is 17.1 Å². The van der Waals surface area contributed by atoms with Crippen LogP contribution in [-0.4, -0.2) is 31.8 Å². The summed E-state index contributed by atoms with van der Waals surface area (Å²) in [6.45, 7) is 2.53. The van der Waals surface area contributed by atoms with Crippen molar-refractivity contribution in [1.29, 1.82) is 0 Å². The third kappa shape index (κ3) is 4.03. The smallest absolute Gasteiger partial charge is 0.264 e. The molecule has 0 aliphatic rings. The number of nitrogens with two attached hydrogens (primary N) is 1. The molecular formula is C17H20N6OS. The van der Waals surface area contributed by atoms with Gasteiger partial charge in [-0.25, -0.2) is 4.68 Å². The fraction of sp³-hybridized carbons (Fsp3) is 0.294. The first-order chi connectivity index (χ1) is 12.2. The van der Waals surface area contributed by atoms with Crippen LogP contribution in [0.25, 0.3) is 5.69 Å². The summed E-state index contributed by atoms with van der Waals surface area (Å²) in [5.41, 5.74) is 8.63. The van der Waals surface area contributed by atoms with Gasteiger partial charge in [-0.05, 0) is 42.9 Å². The number of anilines is 1. The maximum absolute atomic E-state index is 12.1. The van der Waals surface area contributed by atoms with Gasteiger partial charge in [0.1, 0.15) is 10.7 Å². The molecule has 0 aliphatic heterocycles. The van der Waals surface area contributed by atoms with E-state index in [-0.39, 0.29) is 5.91 Å². The van der Waals surface area contributed by atoms with Crippen LogP contribution in [0.4, 0.5) is 5.82 Å². The second-order valence-corrected chi connectivity index (χ2v) is 6.32. The van der Waals surface area contributed by atoms with Crippen LogP contribution in [0.1, 0.15) is 34.4 Å². The summed E-state index contributed by atoms with van der Waals surface area (Å²) < 4.78 is 5.56. The van der Waals surface area contributed by atoms with Gasteiger partial charge < -0.3 is 11.1 Å². The highest BCUT2D eigenvalue weighted by molar-refractivity contribution is 7.08. The number of benzene rings is 1. The van der Waals surface area contributed by atoms with Crippen molar-refractivity contribution in [3.63, 3.8) is 0 Å². The first-order valence-corrected chi connectivity index (χ1v) is 8.95. The molecule has 0 radical (unpaired) electrons. The van der Waals surface area contributed by atoms with E-state index >= 15 is 0 Å². The number of carbonyl (C=O) groups excluding carboxylic acids is 1. The van der Waals surface area contributed by atoms with Gasteiger partial charge >= 0.3 is 0 Å². The topological polar surface area (TPSA) is 98.7 Å². The summed E-state index contributed by atoms with van der Waals surface area (Å²) in [5, 5.41) is 11.4. The van der Waals surface area contributed by atoms with Crippen LogP contribution in [0, 0.1) is 0 Å². The third-order valence-corrected chi connectivity index (χ3v) is 4.55. The van der Waals surface area contributed by atoms with Crippen molar-refractivity contribution in [2.45, 2.75) is 26.2 Å². The zero-order valence-corrected chi connectivity index (χ0v) is 14.8. The number of amides is 1. The predicted molar refractivity (Wildman–Crippen MR) is 97.9 cm³/mol. The second-order valence-electron chi connectivity index (χ2n) is 5.57. The van der Waals surface area contributed by atoms with E-state index in [1.54, 1.807) is 4.68 Å². The minimum atomic E-state index is -0.110. The van der Waals surface area contributed by atoms with E-state index in [9.17, 15) is 4.79 Å². The number of nitrogens with zero attached hydrogens (tertiary/aromatic N) is 4. The Morgan fingerprint density at radius 1 is 1.32 bits per heavy atom. The molecule has 3 rings (SSSR count). The first-order valence-electron chi connectivity index (χ1n) is 8.18. The zero-order valence-electron chi connectivity index (χ0n) is 14.0. The normalized spacial score (nSPS) is 10.8. The molecular weight excluding hydrogens is 336 g/mol. The molecule has 0 unspecified atom stereocenters. The molecule has 0 saturated heterocycles. The van der Waals surface area contributed by atoms with Crippen molar-refractivity contribution >= 4 is 23.3 Å². The van der Waals surface area contributed by atoms with Crippen molar-refractivity contribution in [2.24, 2.45) is 0 Å². The van der Waals surface area contributed by atoms with Gasteiger partial charge in [0.2, 0.25) is 0 Å². The van der Waals surface area contributed by atoms with E-state index in [4.69, 9.17) is 5.73 Å². The molecule has 2 aromatic heterocycles. The molecule has 130 valence electrons. The lowest BCUT2D eigenvalue weighted by molar-refractivity contribution is 0.0956. The maximum Gasteiger partial charge on any atom is 0.264 e. The van der Waals surface area contributed by atoms with Crippen LogP contribution in [0.5, 0.6) is 0 Å². The van der Waals surface area contributed by atoms with E-state index in [0.29, 0.717) is 23.7 Å². The van der Waals surface area contributed by atoms with Crippen molar-refractivity contribution in [2.75, 3.05) is 12.3 Å². The number of carbonyl (C=O) groups is 1. The van der Waals surface area contributed by atoms with Gasteiger partial charge in [0.25, 0.3) is 5.91 Å². The Morgan fingerprint density at radius 3 is 2.88 bits per heavy atom. The molecule has 1 amide bonds. The van der Waals surface area contributed by atoms with Gasteiger partial charge in [-0.3, -0.25) is 4.79 Å². The second kappa shape index (κ2) is 7.89. The van der Waals surface area contributed by atoms with Gasteiger partial charge in [-0.2, -0.15) is 5.10 Å². The quantitative estimate of drug-likeness (QED) is 0.633. The fourth-order valence-electron chi connectivity index (χ4n) is 2.51. The summed E-state index contributed by atoms with van der Waals surface area (Å²) in [4.78, 5) is 12.7. The molecule has 0 aliphatic carbocycles. The number of hydrogen-bond acceptors (Lipinski definition) is 6. The van der Waals surface area contributed by atoms with Crippen LogP contribution in [0.15, 0.2) is 36.4 Å². The standard InChI is InChI=1S/C17H20N6OS/c1-2-14-16(25-22-20-14)17(24)19-10-6-7-12-11-15(18)23(21-12)13-8-4-3-5-9-13/h3-5,8-9,11H,2,6-7,10,18H2,1H3,(H,19,24). The van der Waals surface area contributed by atoms with Crippen LogP contribution in [-0.2, 0) is 12.8 Å². The Morgan fingerprint density at radius 2 is 2.12 bits per heavy atom. The van der Waals surface area contributed by atoms with Gasteiger partial charge in [-0.15, -0.1) is 5.10 Å². The lowest BCUT2D eigenvalue weighted by atomic mass is 10.2. The highest BCUT2D eigenvalue weighted by Gasteiger charge is 2.14. The number of para-hydroxylation sites is 1. The average Bonchev–Trinajstić information content (AvgIpc) is 3.25. The molecule has 3 aromatic rings. The minimum absolute atomic E-state index is 0.110. The van der Waals surface area contributed by atoms with E-state index in [0.717, 1.165) is 41.4 Å². The zero-order chi connectivity index (χ0) is 17.6. The monoisotopic (exact) mass is 356 g/mol. The molecule has 2 heterocycles. The lowest BCUT2D eigenvalue weighted by Crippen LogP contribution is -2.24. The number of aromatic nitrogens is 4. The highest BCUT2D eigenvalue weighted by Crippen LogP contribution is 2.15. The van der Waals surface area contributed by atoms with Crippen LogP contribution < -0.4 is 11.1 Å². The fourth-order valence-corrected chi connectivity index (χ4v) is 3.18. The van der Waals surface area contributed by atoms with Crippen LogP contribution in [0.3, 0.4) is 0 Å². The number of aryl methyl sites for hydroxylation is 2. The number of nitrogens with one attached hydrogen (secondary N) is 1. The minimum Gasteiger partial charge on any atom is -0.384 e. The summed E-state index contributed by atoms with van der Waals surface area (Å²) in [5.74, 6) is 0.495. The SMILES string of the molecule is CCc1nnsc1C(=O)NCCCc1cc(N)n(-c2ccccc2)n1. The molecule has 0 saturated carbocycles. The van der Waals surface area contributed by atoms with Gasteiger partial charge in [0, 0.05) is 12.6 Å². The van der Waals surface area contributed by atoms with Crippen molar-refractivity contribution < 1.29 is 4.79 Å². The third-order valence-electron chi connectivity index (χ3n) is 3.78. The Balaban J connectivity index is 1.52. The number of rotatable bonds is 7.